The number of hydrogen-bond acceptors (Lipinski definition) is 2. The number of carbonyl (C=O) groups is 2. The minimum Gasteiger partial charge on any atom is -0.481 e. The lowest BCUT2D eigenvalue weighted by Crippen LogP contribution is -2.45. The summed E-state index contributed by atoms with van der Waals surface area (Å²) in [5.74, 6) is -0.997. The van der Waals surface area contributed by atoms with Crippen LogP contribution >= 0.6 is 0 Å². The van der Waals surface area contributed by atoms with Gasteiger partial charge in [0.15, 0.2) is 0 Å². The van der Waals surface area contributed by atoms with E-state index in [1.807, 2.05) is 12.1 Å². The molecule has 2 unspecified atom stereocenters. The summed E-state index contributed by atoms with van der Waals surface area (Å²) >= 11 is 0. The van der Waals surface area contributed by atoms with Gasteiger partial charge in [-0.3, -0.25) is 9.59 Å². The monoisotopic (exact) mass is 287 g/mol. The number of amides is 1. The number of aliphatic carboxylic acids is 1. The van der Waals surface area contributed by atoms with Crippen molar-refractivity contribution in [3.05, 3.63) is 35.4 Å². The second kappa shape index (κ2) is 5.88. The Morgan fingerprint density at radius 3 is 2.62 bits per heavy atom. The average Bonchev–Trinajstić information content (AvgIpc) is 2.53. The first-order valence-electron chi connectivity index (χ1n) is 7.73. The number of likely N-dealkylation sites (tertiary alicyclic amines) is 1. The van der Waals surface area contributed by atoms with Gasteiger partial charge in [-0.1, -0.05) is 24.3 Å². The number of carbonyl (C=O) groups excluding carboxylic acids is 1. The maximum Gasteiger partial charge on any atom is 0.308 e. The quantitative estimate of drug-likeness (QED) is 0.906. The molecule has 2 aliphatic rings. The second-order valence-electron chi connectivity index (χ2n) is 6.17. The molecule has 0 saturated carbocycles. The van der Waals surface area contributed by atoms with E-state index in [0.29, 0.717) is 19.5 Å². The zero-order chi connectivity index (χ0) is 14.8. The lowest BCUT2D eigenvalue weighted by Gasteiger charge is -2.34. The highest BCUT2D eigenvalue weighted by atomic mass is 16.4. The van der Waals surface area contributed by atoms with Crippen LogP contribution in [0.15, 0.2) is 24.3 Å². The molecule has 1 heterocycles. The number of benzene rings is 1. The van der Waals surface area contributed by atoms with E-state index >= 15 is 0 Å². The number of carboxylic acid groups (broad SMARTS) is 1. The summed E-state index contributed by atoms with van der Waals surface area (Å²) in [5, 5.41) is 9.14. The molecule has 0 radical (unpaired) electrons. The third-order valence-electron chi connectivity index (χ3n) is 4.78. The highest BCUT2D eigenvalue weighted by Gasteiger charge is 2.33. The van der Waals surface area contributed by atoms with E-state index in [-0.39, 0.29) is 11.8 Å². The van der Waals surface area contributed by atoms with Crippen LogP contribution in [-0.2, 0) is 22.4 Å². The van der Waals surface area contributed by atoms with Crippen LogP contribution in [0.3, 0.4) is 0 Å². The van der Waals surface area contributed by atoms with E-state index < -0.39 is 11.9 Å². The highest BCUT2D eigenvalue weighted by molar-refractivity contribution is 5.80. The van der Waals surface area contributed by atoms with E-state index in [0.717, 1.165) is 25.7 Å². The van der Waals surface area contributed by atoms with Crippen LogP contribution < -0.4 is 0 Å². The fourth-order valence-corrected chi connectivity index (χ4v) is 3.55. The van der Waals surface area contributed by atoms with E-state index in [9.17, 15) is 9.59 Å². The molecule has 0 spiro atoms. The minimum absolute atomic E-state index is 0.0208. The van der Waals surface area contributed by atoms with Crippen LogP contribution in [0, 0.1) is 11.8 Å². The zero-order valence-electron chi connectivity index (χ0n) is 12.1. The third kappa shape index (κ3) is 2.94. The molecule has 0 bridgehead atoms. The van der Waals surface area contributed by atoms with Crippen molar-refractivity contribution >= 4 is 11.9 Å². The number of carboxylic acids is 1. The Balaban J connectivity index is 1.67. The van der Waals surface area contributed by atoms with Crippen LogP contribution in [0.4, 0.5) is 0 Å². The number of rotatable bonds is 2. The lowest BCUT2D eigenvalue weighted by atomic mass is 9.82. The smallest absolute Gasteiger partial charge is 0.308 e. The molecule has 1 aromatic rings. The second-order valence-corrected chi connectivity index (χ2v) is 6.17. The predicted octanol–water partition coefficient (Wildman–Crippen LogP) is 2.11. The van der Waals surface area contributed by atoms with Crippen LogP contribution in [0.25, 0.3) is 0 Å². The van der Waals surface area contributed by atoms with E-state index in [2.05, 4.69) is 12.1 Å². The van der Waals surface area contributed by atoms with Crippen molar-refractivity contribution < 1.29 is 14.7 Å². The number of piperidine rings is 1. The van der Waals surface area contributed by atoms with Gasteiger partial charge < -0.3 is 10.0 Å². The Morgan fingerprint density at radius 2 is 1.86 bits per heavy atom. The van der Waals surface area contributed by atoms with Gasteiger partial charge in [0.1, 0.15) is 0 Å². The first kappa shape index (κ1) is 14.1. The van der Waals surface area contributed by atoms with Crippen LogP contribution in [0.1, 0.15) is 30.4 Å². The van der Waals surface area contributed by atoms with Crippen molar-refractivity contribution in [1.29, 1.82) is 0 Å². The molecule has 1 amide bonds. The van der Waals surface area contributed by atoms with Crippen LogP contribution in [-0.4, -0.2) is 35.0 Å². The van der Waals surface area contributed by atoms with Crippen molar-refractivity contribution in [3.63, 3.8) is 0 Å². The topological polar surface area (TPSA) is 57.6 Å². The van der Waals surface area contributed by atoms with E-state index in [4.69, 9.17) is 5.11 Å². The van der Waals surface area contributed by atoms with Gasteiger partial charge in [0.25, 0.3) is 0 Å². The van der Waals surface area contributed by atoms with Crippen molar-refractivity contribution in [2.24, 2.45) is 11.8 Å². The van der Waals surface area contributed by atoms with Crippen molar-refractivity contribution in [3.8, 4) is 0 Å². The summed E-state index contributed by atoms with van der Waals surface area (Å²) in [5.41, 5.74) is 2.62. The maximum atomic E-state index is 12.7. The number of fused-ring (bicyclic) bond motifs is 1. The normalized spacial score (nSPS) is 25.2. The minimum atomic E-state index is -0.776. The fraction of sp³-hybridized carbons (Fsp3) is 0.529. The number of aryl methyl sites for hydroxylation is 1. The summed E-state index contributed by atoms with van der Waals surface area (Å²) < 4.78 is 0. The molecule has 1 aromatic carbocycles. The SMILES string of the molecule is O=C(O)C1CCCN(C(=O)C2CCc3ccccc3C2)C1. The van der Waals surface area contributed by atoms with Crippen molar-refractivity contribution in [2.75, 3.05) is 13.1 Å². The molecule has 4 heteroatoms. The van der Waals surface area contributed by atoms with Gasteiger partial charge in [0, 0.05) is 19.0 Å². The zero-order valence-corrected chi connectivity index (χ0v) is 12.1. The van der Waals surface area contributed by atoms with Gasteiger partial charge in [0.2, 0.25) is 5.91 Å². The molecule has 1 aliphatic carbocycles. The first-order chi connectivity index (χ1) is 10.1. The molecule has 2 atom stereocenters. The number of hydrogen-bond donors (Lipinski definition) is 1. The number of nitrogens with zero attached hydrogens (tertiary/aromatic N) is 1. The van der Waals surface area contributed by atoms with Gasteiger partial charge in [-0.2, -0.15) is 0 Å². The molecule has 112 valence electrons. The standard InChI is InChI=1S/C17H21NO3/c19-16(18-9-3-6-15(11-18)17(20)21)14-8-7-12-4-1-2-5-13(12)10-14/h1-2,4-5,14-15H,3,6-11H2,(H,20,21). The third-order valence-corrected chi connectivity index (χ3v) is 4.78. The summed E-state index contributed by atoms with van der Waals surface area (Å²) in [4.78, 5) is 25.6. The molecule has 1 saturated heterocycles. The largest absolute Gasteiger partial charge is 0.481 e. The molecule has 1 N–H and O–H groups in total. The maximum absolute atomic E-state index is 12.7. The molecule has 3 rings (SSSR count). The Kier molecular flexibility index (Phi) is 3.95. The van der Waals surface area contributed by atoms with Gasteiger partial charge in [-0.25, -0.2) is 0 Å². The summed E-state index contributed by atoms with van der Waals surface area (Å²) in [6.45, 7) is 1.09. The summed E-state index contributed by atoms with van der Waals surface area (Å²) in [7, 11) is 0. The van der Waals surface area contributed by atoms with Crippen molar-refractivity contribution in [1.82, 2.24) is 4.90 Å². The van der Waals surface area contributed by atoms with Crippen molar-refractivity contribution in [2.45, 2.75) is 32.1 Å². The molecule has 4 nitrogen and oxygen atoms in total. The average molecular weight is 287 g/mol. The van der Waals surface area contributed by atoms with Crippen LogP contribution in [0.5, 0.6) is 0 Å². The van der Waals surface area contributed by atoms with Gasteiger partial charge in [-0.05, 0) is 43.2 Å². The molecular formula is C17H21NO3. The molecular weight excluding hydrogens is 266 g/mol. The Bertz CT molecular complexity index is 555. The Hall–Kier alpha value is -1.84. The van der Waals surface area contributed by atoms with Crippen LogP contribution in [0.2, 0.25) is 0 Å². The van der Waals surface area contributed by atoms with Gasteiger partial charge >= 0.3 is 5.97 Å². The van der Waals surface area contributed by atoms with Gasteiger partial charge in [0.05, 0.1) is 5.92 Å². The summed E-state index contributed by atoms with van der Waals surface area (Å²) in [6, 6.07) is 8.30. The summed E-state index contributed by atoms with van der Waals surface area (Å²) in [6.07, 6.45) is 4.11. The fourth-order valence-electron chi connectivity index (χ4n) is 3.55. The predicted molar refractivity (Wildman–Crippen MR) is 78.9 cm³/mol. The molecule has 0 aromatic heterocycles. The lowest BCUT2D eigenvalue weighted by molar-refractivity contribution is -0.146. The first-order valence-corrected chi connectivity index (χ1v) is 7.73. The molecule has 1 aliphatic heterocycles. The Labute approximate surface area is 124 Å². The molecule has 21 heavy (non-hydrogen) atoms. The van der Waals surface area contributed by atoms with E-state index in [1.165, 1.54) is 11.1 Å². The van der Waals surface area contributed by atoms with Gasteiger partial charge in [-0.15, -0.1) is 0 Å². The Morgan fingerprint density at radius 1 is 1.10 bits per heavy atom. The highest BCUT2D eigenvalue weighted by Crippen LogP contribution is 2.28. The molecule has 1 fully saturated rings. The van der Waals surface area contributed by atoms with E-state index in [1.54, 1.807) is 4.90 Å².